The Kier molecular flexibility index (Phi) is 54.8. The van der Waals surface area contributed by atoms with E-state index in [9.17, 15) is 28.9 Å². The van der Waals surface area contributed by atoms with Crippen LogP contribution in [-0.2, 0) is 42.2 Å². The molecule has 0 aromatic carbocycles. The van der Waals surface area contributed by atoms with Gasteiger partial charge in [0.25, 0.3) is 0 Å². The van der Waals surface area contributed by atoms with Gasteiger partial charge in [0.05, 0.1) is 19.8 Å². The summed E-state index contributed by atoms with van der Waals surface area (Å²) in [5.74, 6) is -1.52. The van der Waals surface area contributed by atoms with Crippen LogP contribution < -0.4 is 0 Å². The second kappa shape index (κ2) is 57.6. The first-order valence-electron chi connectivity index (χ1n) is 30.1. The van der Waals surface area contributed by atoms with Gasteiger partial charge in [-0.15, -0.1) is 0 Å². The van der Waals surface area contributed by atoms with Crippen LogP contribution >= 0.6 is 7.82 Å². The number of hydrogen-bond acceptors (Lipinski definition) is 10. The molecule has 0 rings (SSSR count). The third-order valence-corrected chi connectivity index (χ3v) is 13.4. The van der Waals surface area contributed by atoms with Gasteiger partial charge >= 0.3 is 25.7 Å². The number of carbonyl (C=O) groups excluding carboxylic acids is 3. The molecule has 76 heavy (non-hydrogen) atoms. The Balaban J connectivity index is 4.79. The lowest BCUT2D eigenvalue weighted by Crippen LogP contribution is -2.30. The molecule has 0 aromatic rings. The van der Waals surface area contributed by atoms with Gasteiger partial charge in [0.15, 0.2) is 6.10 Å². The summed E-state index contributed by atoms with van der Waals surface area (Å²) in [6, 6.07) is 0. The number of phosphoric acid groups is 1. The monoisotopic (exact) mass is 1080 g/mol. The van der Waals surface area contributed by atoms with Crippen molar-refractivity contribution in [1.29, 1.82) is 0 Å². The quantitative estimate of drug-likeness (QED) is 0.0197. The van der Waals surface area contributed by atoms with Crippen molar-refractivity contribution in [3.63, 3.8) is 0 Å². The largest absolute Gasteiger partial charge is 0.472 e. The van der Waals surface area contributed by atoms with Crippen LogP contribution in [0.4, 0.5) is 0 Å². The molecule has 0 saturated carbocycles. The summed E-state index contributed by atoms with van der Waals surface area (Å²) in [5, 5.41) is 9.83. The SMILES string of the molecule is CC/C=C\C/C=C\C/C=C\C/C=C\CCCCCCC(=O)OCC(COP(=O)(O)OCC(CO)OC(=O)CCCCCCC/C=C\C/C=C\CCCCC)OC(=O)CCCCCCCCC/C=C\C/C=C\CCCCC. The van der Waals surface area contributed by atoms with Crippen molar-refractivity contribution >= 4 is 25.7 Å². The van der Waals surface area contributed by atoms with Crippen LogP contribution in [0.15, 0.2) is 97.2 Å². The van der Waals surface area contributed by atoms with Gasteiger partial charge in [-0.1, -0.05) is 208 Å². The van der Waals surface area contributed by atoms with Crippen molar-refractivity contribution < 1.29 is 52.2 Å². The second-order valence-electron chi connectivity index (χ2n) is 19.8. The van der Waals surface area contributed by atoms with E-state index in [1.165, 1.54) is 57.8 Å². The average Bonchev–Trinajstić information content (AvgIpc) is 3.41. The molecule has 0 amide bonds. The first-order chi connectivity index (χ1) is 37.2. The topological polar surface area (TPSA) is 155 Å². The minimum Gasteiger partial charge on any atom is -0.462 e. The molecule has 0 bridgehead atoms. The molecular formula is C64H109O11P. The predicted octanol–water partition coefficient (Wildman–Crippen LogP) is 18.0. The fraction of sp³-hybridized carbons (Fsp3) is 0.703. The van der Waals surface area contributed by atoms with Crippen LogP contribution in [-0.4, -0.2) is 66.5 Å². The normalized spacial score (nSPS) is 14.0. The smallest absolute Gasteiger partial charge is 0.462 e. The van der Waals surface area contributed by atoms with Gasteiger partial charge in [-0.25, -0.2) is 4.57 Å². The second-order valence-corrected chi connectivity index (χ2v) is 21.2. The maximum Gasteiger partial charge on any atom is 0.472 e. The van der Waals surface area contributed by atoms with Gasteiger partial charge in [0, 0.05) is 19.3 Å². The van der Waals surface area contributed by atoms with Gasteiger partial charge in [-0.2, -0.15) is 0 Å². The fourth-order valence-electron chi connectivity index (χ4n) is 7.88. The fourth-order valence-corrected chi connectivity index (χ4v) is 8.66. The molecule has 2 N–H and O–H groups in total. The van der Waals surface area contributed by atoms with Crippen molar-refractivity contribution in [3.05, 3.63) is 97.2 Å². The van der Waals surface area contributed by atoms with Gasteiger partial charge in [-0.3, -0.25) is 23.4 Å². The zero-order valence-corrected chi connectivity index (χ0v) is 49.1. The Morgan fingerprint density at radius 2 is 0.684 bits per heavy atom. The van der Waals surface area contributed by atoms with Crippen LogP contribution in [0.2, 0.25) is 0 Å². The minimum atomic E-state index is -4.77. The minimum absolute atomic E-state index is 0.148. The first-order valence-corrected chi connectivity index (χ1v) is 31.6. The maximum atomic E-state index is 12.9. The Morgan fingerprint density at radius 3 is 1.05 bits per heavy atom. The molecular weight excluding hydrogens is 976 g/mol. The Hall–Kier alpha value is -3.60. The Labute approximate surface area is 463 Å². The van der Waals surface area contributed by atoms with Crippen LogP contribution in [0.3, 0.4) is 0 Å². The number of esters is 3. The number of phosphoric ester groups is 1. The van der Waals surface area contributed by atoms with Crippen LogP contribution in [0, 0.1) is 0 Å². The highest BCUT2D eigenvalue weighted by atomic mass is 31.2. The van der Waals surface area contributed by atoms with E-state index in [-0.39, 0.29) is 25.9 Å². The molecule has 0 aromatic heterocycles. The summed E-state index contributed by atoms with van der Waals surface area (Å²) in [4.78, 5) is 48.6. The molecule has 0 fully saturated rings. The summed E-state index contributed by atoms with van der Waals surface area (Å²) in [6.45, 7) is 4.44. The van der Waals surface area contributed by atoms with Gasteiger partial charge < -0.3 is 24.2 Å². The average molecular weight is 1090 g/mol. The van der Waals surface area contributed by atoms with Crippen molar-refractivity contribution in [2.75, 3.05) is 26.4 Å². The van der Waals surface area contributed by atoms with Crippen LogP contribution in [0.5, 0.6) is 0 Å². The molecule has 3 unspecified atom stereocenters. The molecule has 12 heteroatoms. The lowest BCUT2D eigenvalue weighted by molar-refractivity contribution is -0.161. The number of allylic oxidation sites excluding steroid dienone is 16. The summed E-state index contributed by atoms with van der Waals surface area (Å²) in [7, 11) is -4.77. The number of ether oxygens (including phenoxy) is 3. The predicted molar refractivity (Wildman–Crippen MR) is 316 cm³/mol. The molecule has 11 nitrogen and oxygen atoms in total. The molecule has 0 saturated heterocycles. The Morgan fingerprint density at radius 1 is 0.382 bits per heavy atom. The third kappa shape index (κ3) is 55.2. The lowest BCUT2D eigenvalue weighted by Gasteiger charge is -2.21. The number of unbranched alkanes of at least 4 members (excludes halogenated alkanes) is 22. The summed E-state index contributed by atoms with van der Waals surface area (Å²) in [5.41, 5.74) is 0. The molecule has 0 aliphatic heterocycles. The summed E-state index contributed by atoms with van der Waals surface area (Å²) >= 11 is 0. The van der Waals surface area contributed by atoms with Crippen molar-refractivity contribution in [2.24, 2.45) is 0 Å². The Bertz CT molecular complexity index is 1640. The van der Waals surface area contributed by atoms with E-state index >= 15 is 0 Å². The van der Waals surface area contributed by atoms with Gasteiger partial charge in [0.1, 0.15) is 12.7 Å². The molecule has 0 spiro atoms. The van der Waals surface area contributed by atoms with E-state index in [0.717, 1.165) is 135 Å². The number of carbonyl (C=O) groups is 3. The third-order valence-electron chi connectivity index (χ3n) is 12.5. The molecule has 0 aliphatic rings. The zero-order valence-electron chi connectivity index (χ0n) is 48.2. The highest BCUT2D eigenvalue weighted by Gasteiger charge is 2.28. The van der Waals surface area contributed by atoms with Crippen LogP contribution in [0.1, 0.15) is 252 Å². The summed E-state index contributed by atoms with van der Waals surface area (Å²) in [6.07, 6.45) is 67.8. The van der Waals surface area contributed by atoms with Crippen molar-refractivity contribution in [3.8, 4) is 0 Å². The van der Waals surface area contributed by atoms with E-state index in [4.69, 9.17) is 23.3 Å². The molecule has 0 radical (unpaired) electrons. The zero-order chi connectivity index (χ0) is 55.5. The highest BCUT2D eigenvalue weighted by Crippen LogP contribution is 2.43. The van der Waals surface area contributed by atoms with E-state index in [0.29, 0.717) is 19.3 Å². The first kappa shape index (κ1) is 72.4. The molecule has 0 aliphatic carbocycles. The molecule has 0 heterocycles. The van der Waals surface area contributed by atoms with E-state index in [2.05, 4.69) is 118 Å². The van der Waals surface area contributed by atoms with E-state index in [1.807, 2.05) is 0 Å². The number of aliphatic hydroxyl groups excluding tert-OH is 1. The molecule has 3 atom stereocenters. The number of hydrogen-bond donors (Lipinski definition) is 2. The number of aliphatic hydroxyl groups is 1. The van der Waals surface area contributed by atoms with Gasteiger partial charge in [-0.05, 0) is 122 Å². The standard InChI is InChI=1S/C64H109O11P/c1-4-7-10-13-16-19-22-25-28-30-33-35-38-41-44-47-50-53-62(66)71-57-61(75-64(68)55-52-49-46-43-40-37-34-31-29-26-23-20-17-14-11-8-5-2)59-73-76(69,70)72-58-60(56-65)74-63(67)54-51-48-45-42-39-36-32-27-24-21-18-15-12-9-6-3/h7,10,16-21,25-29,32-33,35,60-61,65H,4-6,8-9,11-15,22-24,30-31,34,36-59H2,1-3H3,(H,69,70)/b10-7-,19-16-,20-17-,21-18-,28-25-,29-26-,32-27-,35-33-. The van der Waals surface area contributed by atoms with Crippen molar-refractivity contribution in [2.45, 2.75) is 264 Å². The lowest BCUT2D eigenvalue weighted by atomic mass is 10.1. The van der Waals surface area contributed by atoms with E-state index in [1.54, 1.807) is 0 Å². The molecule has 436 valence electrons. The highest BCUT2D eigenvalue weighted by molar-refractivity contribution is 7.47. The number of rotatable bonds is 55. The van der Waals surface area contributed by atoms with Crippen LogP contribution in [0.25, 0.3) is 0 Å². The van der Waals surface area contributed by atoms with Gasteiger partial charge in [0.2, 0.25) is 0 Å². The summed E-state index contributed by atoms with van der Waals surface area (Å²) < 4.78 is 39.6. The van der Waals surface area contributed by atoms with E-state index < -0.39 is 57.8 Å². The maximum absolute atomic E-state index is 12.9. The van der Waals surface area contributed by atoms with Crippen molar-refractivity contribution in [1.82, 2.24) is 0 Å².